The summed E-state index contributed by atoms with van der Waals surface area (Å²) >= 11 is 4.73. The van der Waals surface area contributed by atoms with Crippen molar-refractivity contribution in [3.8, 4) is 11.5 Å². The van der Waals surface area contributed by atoms with Crippen LogP contribution >= 0.6 is 27.7 Å². The van der Waals surface area contributed by atoms with E-state index in [0.717, 1.165) is 5.56 Å². The number of thioether (sulfide) groups is 1. The van der Waals surface area contributed by atoms with Crippen LogP contribution in [0.3, 0.4) is 0 Å². The van der Waals surface area contributed by atoms with Gasteiger partial charge in [-0.25, -0.2) is 0 Å². The Morgan fingerprint density at radius 1 is 1.27 bits per heavy atom. The molecule has 7 nitrogen and oxygen atoms in total. The number of halogens is 1. The van der Waals surface area contributed by atoms with Crippen molar-refractivity contribution < 1.29 is 14.3 Å². The van der Waals surface area contributed by atoms with Crippen LogP contribution in [0.4, 0.5) is 0 Å². The average molecular weight is 485 g/mol. The zero-order chi connectivity index (χ0) is 21.3. The van der Waals surface area contributed by atoms with E-state index < -0.39 is 5.91 Å². The lowest BCUT2D eigenvalue weighted by Crippen LogP contribution is -2.35. The van der Waals surface area contributed by atoms with Crippen LogP contribution < -0.4 is 9.47 Å². The van der Waals surface area contributed by atoms with Gasteiger partial charge >= 0.3 is 0 Å². The number of carbonyl (C=O) groups excluding carboxylic acids is 1. The number of carbonyl (C=O) groups is 1. The van der Waals surface area contributed by atoms with Crippen LogP contribution in [0.5, 0.6) is 11.5 Å². The quantitative estimate of drug-likeness (QED) is 0.626. The highest BCUT2D eigenvalue weighted by Crippen LogP contribution is 2.38. The lowest BCUT2D eigenvalue weighted by molar-refractivity contribution is -0.114. The number of nitrogens with zero attached hydrogens (tertiary/aromatic N) is 3. The lowest BCUT2D eigenvalue weighted by Gasteiger charge is -2.20. The summed E-state index contributed by atoms with van der Waals surface area (Å²) in [4.78, 5) is 16.4. The fraction of sp³-hybridized carbons (Fsp3) is 0.143. The number of ether oxygens (including phenoxy) is 2. The van der Waals surface area contributed by atoms with Gasteiger partial charge in [0.1, 0.15) is 6.61 Å². The molecule has 2 aliphatic heterocycles. The average Bonchev–Trinajstić information content (AvgIpc) is 3.19. The van der Waals surface area contributed by atoms with Gasteiger partial charge in [-0.1, -0.05) is 29.8 Å². The molecule has 0 aromatic heterocycles. The van der Waals surface area contributed by atoms with E-state index in [1.165, 1.54) is 22.3 Å². The van der Waals surface area contributed by atoms with E-state index in [9.17, 15) is 4.79 Å². The third-order valence-electron chi connectivity index (χ3n) is 4.46. The van der Waals surface area contributed by atoms with Crippen molar-refractivity contribution in [2.75, 3.05) is 7.11 Å². The molecule has 0 unspecified atom stereocenters. The van der Waals surface area contributed by atoms with Crippen LogP contribution in [0.2, 0.25) is 0 Å². The predicted octanol–water partition coefficient (Wildman–Crippen LogP) is 4.59. The molecule has 0 saturated carbocycles. The van der Waals surface area contributed by atoms with Crippen LogP contribution in [-0.4, -0.2) is 34.6 Å². The molecule has 0 fully saturated rings. The van der Waals surface area contributed by atoms with Gasteiger partial charge in [0.05, 0.1) is 22.7 Å². The lowest BCUT2D eigenvalue weighted by atomic mass is 10.1. The van der Waals surface area contributed by atoms with Gasteiger partial charge in [0.15, 0.2) is 22.5 Å². The highest BCUT2D eigenvalue weighted by atomic mass is 79.9. The SMILES string of the molecule is COc1cc(/C=C2/C(=N)N3N=CSC3=NC2=O)cc(Br)c1OCc1ccc(C)cc1. The number of rotatable bonds is 5. The fourth-order valence-electron chi connectivity index (χ4n) is 2.91. The van der Waals surface area contributed by atoms with E-state index in [-0.39, 0.29) is 11.4 Å². The maximum absolute atomic E-state index is 12.4. The molecule has 0 spiro atoms. The molecule has 2 aromatic carbocycles. The van der Waals surface area contributed by atoms with Crippen molar-refractivity contribution in [3.05, 3.63) is 63.1 Å². The minimum absolute atomic E-state index is 0.0129. The molecule has 0 aliphatic carbocycles. The van der Waals surface area contributed by atoms with Crippen LogP contribution in [0, 0.1) is 12.3 Å². The van der Waals surface area contributed by atoms with Crippen LogP contribution in [0.15, 0.2) is 56.5 Å². The first-order valence-electron chi connectivity index (χ1n) is 8.95. The van der Waals surface area contributed by atoms with Crippen molar-refractivity contribution in [3.63, 3.8) is 0 Å². The van der Waals surface area contributed by atoms with E-state index >= 15 is 0 Å². The van der Waals surface area contributed by atoms with E-state index in [0.29, 0.717) is 33.3 Å². The summed E-state index contributed by atoms with van der Waals surface area (Å²) in [6, 6.07) is 11.7. The van der Waals surface area contributed by atoms with Gasteiger partial charge < -0.3 is 9.47 Å². The Balaban J connectivity index is 1.61. The Labute approximate surface area is 186 Å². The van der Waals surface area contributed by atoms with Crippen LogP contribution in [-0.2, 0) is 11.4 Å². The summed E-state index contributed by atoms with van der Waals surface area (Å²) in [5, 5.41) is 14.1. The highest BCUT2D eigenvalue weighted by Gasteiger charge is 2.32. The van der Waals surface area contributed by atoms with E-state index in [4.69, 9.17) is 14.9 Å². The van der Waals surface area contributed by atoms with Crippen LogP contribution in [0.1, 0.15) is 16.7 Å². The zero-order valence-electron chi connectivity index (χ0n) is 16.2. The smallest absolute Gasteiger partial charge is 0.283 e. The number of nitrogens with one attached hydrogen (secondary N) is 1. The number of hydrazone groups is 1. The molecule has 4 rings (SSSR count). The second-order valence-electron chi connectivity index (χ2n) is 6.57. The Bertz CT molecular complexity index is 1130. The van der Waals surface area contributed by atoms with Crippen molar-refractivity contribution in [1.82, 2.24) is 5.01 Å². The standard InChI is InChI=1S/C21H17BrN4O3S/c1-12-3-5-13(6-4-12)10-29-18-16(22)8-14(9-17(18)28-2)7-15-19(23)26-21(25-20(15)27)30-11-24-26/h3-9,11,23H,10H2,1-2H3/b15-7-,23-19?. The first-order valence-corrected chi connectivity index (χ1v) is 10.6. The molecule has 1 N–H and O–H groups in total. The second kappa shape index (κ2) is 8.45. The third-order valence-corrected chi connectivity index (χ3v) is 5.73. The Morgan fingerprint density at radius 3 is 2.77 bits per heavy atom. The fourth-order valence-corrected chi connectivity index (χ4v) is 4.09. The minimum Gasteiger partial charge on any atom is -0.493 e. The van der Waals surface area contributed by atoms with Crippen molar-refractivity contribution in [2.24, 2.45) is 10.1 Å². The molecule has 2 heterocycles. The molecule has 0 bridgehead atoms. The summed E-state index contributed by atoms with van der Waals surface area (Å²) in [6.07, 6.45) is 1.60. The maximum Gasteiger partial charge on any atom is 0.283 e. The third kappa shape index (κ3) is 4.03. The van der Waals surface area contributed by atoms with Gasteiger partial charge in [-0.2, -0.15) is 15.1 Å². The number of aliphatic imine (C=N–C) groups is 1. The molecular weight excluding hydrogens is 468 g/mol. The predicted molar refractivity (Wildman–Crippen MR) is 122 cm³/mol. The number of benzene rings is 2. The molecule has 9 heteroatoms. The molecule has 152 valence electrons. The van der Waals surface area contributed by atoms with Crippen LogP contribution in [0.25, 0.3) is 6.08 Å². The van der Waals surface area contributed by atoms with Gasteiger partial charge in [-0.05, 0) is 64.0 Å². The molecule has 30 heavy (non-hydrogen) atoms. The number of amides is 1. The summed E-state index contributed by atoms with van der Waals surface area (Å²) < 4.78 is 12.1. The molecule has 0 saturated heterocycles. The maximum atomic E-state index is 12.4. The molecule has 2 aliphatic rings. The summed E-state index contributed by atoms with van der Waals surface area (Å²) in [7, 11) is 1.55. The number of aryl methyl sites for hydroxylation is 1. The Morgan fingerprint density at radius 2 is 2.03 bits per heavy atom. The van der Waals surface area contributed by atoms with Gasteiger partial charge in [-0.15, -0.1) is 0 Å². The summed E-state index contributed by atoms with van der Waals surface area (Å²) in [5.74, 6) is 0.586. The largest absolute Gasteiger partial charge is 0.493 e. The topological polar surface area (TPSA) is 87.3 Å². The number of hydrogen-bond donors (Lipinski definition) is 1. The number of fused-ring (bicyclic) bond motifs is 1. The first kappa shape index (κ1) is 20.4. The number of amidine groups is 2. The molecule has 0 radical (unpaired) electrons. The Kier molecular flexibility index (Phi) is 5.74. The minimum atomic E-state index is -0.473. The summed E-state index contributed by atoms with van der Waals surface area (Å²) in [5.41, 5.74) is 4.60. The monoisotopic (exact) mass is 484 g/mol. The van der Waals surface area contributed by atoms with Gasteiger partial charge in [0.2, 0.25) is 0 Å². The molecule has 1 amide bonds. The zero-order valence-corrected chi connectivity index (χ0v) is 18.6. The normalized spacial score (nSPS) is 16.7. The van der Waals surface area contributed by atoms with Gasteiger partial charge in [-0.3, -0.25) is 10.2 Å². The van der Waals surface area contributed by atoms with Crippen molar-refractivity contribution >= 4 is 56.2 Å². The first-order chi connectivity index (χ1) is 14.5. The van der Waals surface area contributed by atoms with E-state index in [1.807, 2.05) is 37.3 Å². The van der Waals surface area contributed by atoms with E-state index in [1.54, 1.807) is 24.8 Å². The van der Waals surface area contributed by atoms with Crippen molar-refractivity contribution in [1.29, 1.82) is 5.41 Å². The molecule has 2 aromatic rings. The van der Waals surface area contributed by atoms with E-state index in [2.05, 4.69) is 26.0 Å². The number of hydrogen-bond acceptors (Lipinski definition) is 6. The van der Waals surface area contributed by atoms with Gasteiger partial charge in [0.25, 0.3) is 5.91 Å². The van der Waals surface area contributed by atoms with Crippen molar-refractivity contribution in [2.45, 2.75) is 13.5 Å². The highest BCUT2D eigenvalue weighted by molar-refractivity contribution is 9.10. The Hall–Kier alpha value is -2.91. The molecular formula is C21H17BrN4O3S. The summed E-state index contributed by atoms with van der Waals surface area (Å²) in [6.45, 7) is 2.43. The molecule has 0 atom stereocenters. The van der Waals surface area contributed by atoms with Gasteiger partial charge in [0, 0.05) is 0 Å². The second-order valence-corrected chi connectivity index (χ2v) is 8.23. The number of methoxy groups -OCH3 is 1.